The van der Waals surface area contributed by atoms with E-state index in [-0.39, 0.29) is 22.8 Å². The first-order valence-electron chi connectivity index (χ1n) is 12.0. The first kappa shape index (κ1) is 26.5. The number of fused-ring (bicyclic) bond motifs is 2. The normalized spacial score (nSPS) is 11.8. The largest absolute Gasteiger partial charge is 0.444 e. The van der Waals surface area contributed by atoms with Crippen molar-refractivity contribution in [3.05, 3.63) is 59.7 Å². The SMILES string of the molecule is CC(C)(C)OC(=O)Nc1[nH]c2ccccc2c1C(=O)C(=O)c1c(NC(=O)OC(C)(C)C)[nH]c2ccccc12. The van der Waals surface area contributed by atoms with Crippen molar-refractivity contribution in [1.29, 1.82) is 0 Å². The fraction of sp³-hybridized carbons (Fsp3) is 0.286. The highest BCUT2D eigenvalue weighted by Gasteiger charge is 2.31. The molecule has 2 aromatic heterocycles. The Morgan fingerprint density at radius 3 is 1.29 bits per heavy atom. The molecule has 0 fully saturated rings. The number of Topliss-reactive ketones (excluding diaryl/α,β-unsaturated/α-hetero) is 2. The highest BCUT2D eigenvalue weighted by Crippen LogP contribution is 2.32. The lowest BCUT2D eigenvalue weighted by Gasteiger charge is -2.20. The van der Waals surface area contributed by atoms with Gasteiger partial charge in [-0.15, -0.1) is 0 Å². The summed E-state index contributed by atoms with van der Waals surface area (Å²) in [6.07, 6.45) is -1.57. The number of anilines is 2. The van der Waals surface area contributed by atoms with Crippen LogP contribution in [0.2, 0.25) is 0 Å². The van der Waals surface area contributed by atoms with Gasteiger partial charge in [-0.25, -0.2) is 9.59 Å². The molecule has 4 N–H and O–H groups in total. The number of carbonyl (C=O) groups excluding carboxylic acids is 4. The van der Waals surface area contributed by atoms with E-state index in [9.17, 15) is 19.2 Å². The van der Waals surface area contributed by atoms with Crippen molar-refractivity contribution in [3.63, 3.8) is 0 Å². The van der Waals surface area contributed by atoms with Crippen molar-refractivity contribution in [2.24, 2.45) is 0 Å². The van der Waals surface area contributed by atoms with Crippen LogP contribution in [-0.2, 0) is 9.47 Å². The van der Waals surface area contributed by atoms with E-state index in [0.717, 1.165) is 0 Å². The van der Waals surface area contributed by atoms with Gasteiger partial charge in [-0.1, -0.05) is 36.4 Å². The second kappa shape index (κ2) is 9.70. The second-order valence-electron chi connectivity index (χ2n) is 10.8. The fourth-order valence-electron chi connectivity index (χ4n) is 3.98. The van der Waals surface area contributed by atoms with E-state index in [1.54, 1.807) is 90.1 Å². The molecule has 0 radical (unpaired) electrons. The lowest BCUT2D eigenvalue weighted by atomic mass is 9.99. The summed E-state index contributed by atoms with van der Waals surface area (Å²) in [5.41, 5.74) is -0.513. The van der Waals surface area contributed by atoms with Gasteiger partial charge in [0.1, 0.15) is 22.8 Å². The summed E-state index contributed by atoms with van der Waals surface area (Å²) in [4.78, 5) is 58.6. The summed E-state index contributed by atoms with van der Waals surface area (Å²) in [5.74, 6) is -1.71. The molecule has 10 heteroatoms. The van der Waals surface area contributed by atoms with Crippen LogP contribution in [0.5, 0.6) is 0 Å². The molecule has 4 aromatic rings. The molecule has 0 bridgehead atoms. The number of aromatic amines is 2. The Morgan fingerprint density at radius 1 is 0.605 bits per heavy atom. The topological polar surface area (TPSA) is 142 Å². The van der Waals surface area contributed by atoms with E-state index in [4.69, 9.17) is 9.47 Å². The van der Waals surface area contributed by atoms with Gasteiger partial charge in [0.15, 0.2) is 0 Å². The zero-order chi connectivity index (χ0) is 27.8. The van der Waals surface area contributed by atoms with Gasteiger partial charge >= 0.3 is 12.2 Å². The number of hydrogen-bond acceptors (Lipinski definition) is 6. The average molecular weight is 519 g/mol. The molecule has 0 aliphatic rings. The predicted octanol–water partition coefficient (Wildman–Crippen LogP) is 6.41. The average Bonchev–Trinajstić information content (AvgIpc) is 3.32. The summed E-state index contributed by atoms with van der Waals surface area (Å²) < 4.78 is 10.7. The van der Waals surface area contributed by atoms with Crippen LogP contribution in [0.4, 0.5) is 21.2 Å². The molecule has 0 saturated carbocycles. The number of carbonyl (C=O) groups is 4. The van der Waals surface area contributed by atoms with Gasteiger partial charge in [0, 0.05) is 21.8 Å². The third kappa shape index (κ3) is 5.69. The van der Waals surface area contributed by atoms with Gasteiger partial charge in [-0.2, -0.15) is 0 Å². The molecule has 10 nitrogen and oxygen atoms in total. The fourth-order valence-corrected chi connectivity index (χ4v) is 3.98. The maximum atomic E-state index is 13.8. The predicted molar refractivity (Wildman–Crippen MR) is 145 cm³/mol. The number of ketones is 2. The summed E-state index contributed by atoms with van der Waals surface area (Å²) in [6, 6.07) is 13.7. The summed E-state index contributed by atoms with van der Waals surface area (Å²) in [5, 5.41) is 6.01. The number of amides is 2. The molecule has 0 saturated heterocycles. The van der Waals surface area contributed by atoms with E-state index in [1.807, 2.05) is 0 Å². The molecule has 2 aromatic carbocycles. The zero-order valence-electron chi connectivity index (χ0n) is 22.1. The Bertz CT molecular complexity index is 1450. The molecule has 198 valence electrons. The van der Waals surface area contributed by atoms with Crippen LogP contribution < -0.4 is 10.6 Å². The van der Waals surface area contributed by atoms with Crippen molar-refractivity contribution >= 4 is 57.2 Å². The Morgan fingerprint density at radius 2 is 0.947 bits per heavy atom. The van der Waals surface area contributed by atoms with Gasteiger partial charge in [0.25, 0.3) is 0 Å². The van der Waals surface area contributed by atoms with E-state index in [1.165, 1.54) is 0 Å². The summed E-state index contributed by atoms with van der Waals surface area (Å²) >= 11 is 0. The van der Waals surface area contributed by atoms with Crippen molar-refractivity contribution in [3.8, 4) is 0 Å². The molecule has 2 amide bonds. The number of ether oxygens (including phenoxy) is 2. The number of H-pyrrole nitrogens is 2. The number of hydrogen-bond donors (Lipinski definition) is 4. The van der Waals surface area contributed by atoms with Crippen LogP contribution in [0.1, 0.15) is 62.3 Å². The van der Waals surface area contributed by atoms with E-state index in [2.05, 4.69) is 20.6 Å². The minimum atomic E-state index is -0.884. The molecule has 4 rings (SSSR count). The number of nitrogens with one attached hydrogen (secondary N) is 4. The third-order valence-corrected chi connectivity index (χ3v) is 5.32. The number of para-hydroxylation sites is 2. The van der Waals surface area contributed by atoms with Crippen LogP contribution in [-0.4, -0.2) is 44.9 Å². The van der Waals surface area contributed by atoms with Gasteiger partial charge in [-0.3, -0.25) is 20.2 Å². The lowest BCUT2D eigenvalue weighted by molar-refractivity contribution is 0.0623. The second-order valence-corrected chi connectivity index (χ2v) is 10.8. The van der Waals surface area contributed by atoms with E-state index < -0.39 is 35.0 Å². The van der Waals surface area contributed by atoms with Gasteiger partial charge in [0.2, 0.25) is 11.6 Å². The Balaban J connectivity index is 1.78. The van der Waals surface area contributed by atoms with Crippen LogP contribution in [0, 0.1) is 0 Å². The molecule has 0 aliphatic carbocycles. The summed E-state index contributed by atoms with van der Waals surface area (Å²) in [6.45, 7) is 10.3. The molecule has 0 atom stereocenters. The van der Waals surface area contributed by atoms with Gasteiger partial charge < -0.3 is 19.4 Å². The smallest absolute Gasteiger partial charge is 0.413 e. The van der Waals surface area contributed by atoms with Crippen molar-refractivity contribution in [2.75, 3.05) is 10.6 Å². The number of benzene rings is 2. The maximum absolute atomic E-state index is 13.8. The molecule has 2 heterocycles. The standard InChI is InChI=1S/C28H30N4O6/c1-27(2,3)37-25(35)31-23-19(15-11-7-9-13-17(15)29-23)21(33)22(34)20-16-12-8-10-14-18(16)30-24(20)32-26(36)38-28(4,5)6/h7-14,29-30H,1-6H3,(H,31,35)(H,32,36). The monoisotopic (exact) mass is 518 g/mol. The highest BCUT2D eigenvalue weighted by atomic mass is 16.6. The van der Waals surface area contributed by atoms with E-state index >= 15 is 0 Å². The first-order chi connectivity index (χ1) is 17.7. The zero-order valence-corrected chi connectivity index (χ0v) is 22.1. The van der Waals surface area contributed by atoms with E-state index in [0.29, 0.717) is 21.8 Å². The summed E-state index contributed by atoms with van der Waals surface area (Å²) in [7, 11) is 0. The minimum Gasteiger partial charge on any atom is -0.444 e. The highest BCUT2D eigenvalue weighted by molar-refractivity contribution is 6.54. The molecule has 0 aliphatic heterocycles. The van der Waals surface area contributed by atoms with Crippen molar-refractivity contribution in [2.45, 2.75) is 52.7 Å². The van der Waals surface area contributed by atoms with Crippen molar-refractivity contribution < 1.29 is 28.7 Å². The van der Waals surface area contributed by atoms with Crippen LogP contribution in [0.25, 0.3) is 21.8 Å². The van der Waals surface area contributed by atoms with Crippen molar-refractivity contribution in [1.82, 2.24) is 9.97 Å². The Kier molecular flexibility index (Phi) is 6.75. The van der Waals surface area contributed by atoms with Gasteiger partial charge in [-0.05, 0) is 53.7 Å². The third-order valence-electron chi connectivity index (χ3n) is 5.32. The molecule has 0 spiro atoms. The molecule has 38 heavy (non-hydrogen) atoms. The quantitative estimate of drug-likeness (QED) is 0.178. The van der Waals surface area contributed by atoms with Gasteiger partial charge in [0.05, 0.1) is 11.1 Å². The molecular weight excluding hydrogens is 488 g/mol. The molecule has 0 unspecified atom stereocenters. The molecular formula is C28H30N4O6. The minimum absolute atomic E-state index is 0.0232. The Hall–Kier alpha value is -4.60. The Labute approximate surface area is 219 Å². The van der Waals surface area contributed by atoms with Crippen LogP contribution >= 0.6 is 0 Å². The van der Waals surface area contributed by atoms with Crippen LogP contribution in [0.3, 0.4) is 0 Å². The van der Waals surface area contributed by atoms with Crippen LogP contribution in [0.15, 0.2) is 48.5 Å². The lowest BCUT2D eigenvalue weighted by Crippen LogP contribution is -2.28. The number of aromatic nitrogens is 2. The first-order valence-corrected chi connectivity index (χ1v) is 12.0. The number of rotatable bonds is 5. The maximum Gasteiger partial charge on any atom is 0.413 e.